The number of carboxylic acids is 1. The average Bonchev–Trinajstić information content (AvgIpc) is 2.07. The van der Waals surface area contributed by atoms with Crippen LogP contribution < -0.4 is 5.32 Å². The zero-order valence-electron chi connectivity index (χ0n) is 6.69. The number of nitrogens with one attached hydrogen (secondary N) is 1. The predicted octanol–water partition coefficient (Wildman–Crippen LogP) is 0.427. The summed E-state index contributed by atoms with van der Waals surface area (Å²) in [5.74, 6) is -0.920. The van der Waals surface area contributed by atoms with E-state index in [0.29, 0.717) is 5.69 Å². The Morgan fingerprint density at radius 3 is 2.83 bits per heavy atom. The molecule has 4 nitrogen and oxygen atoms in total. The highest BCUT2D eigenvalue weighted by Gasteiger charge is 2.17. The third kappa shape index (κ3) is 1.79. The van der Waals surface area contributed by atoms with Crippen LogP contribution in [-0.2, 0) is 4.79 Å². The molecule has 4 heteroatoms. The molecule has 0 aliphatic carbocycles. The lowest BCUT2D eigenvalue weighted by molar-refractivity contribution is -0.139. The first-order valence-electron chi connectivity index (χ1n) is 3.56. The Balaban J connectivity index is 2.88. The van der Waals surface area contributed by atoms with Crippen molar-refractivity contribution in [1.82, 2.24) is 10.3 Å². The number of aromatic nitrogens is 1. The maximum absolute atomic E-state index is 10.6. The highest BCUT2D eigenvalue weighted by atomic mass is 16.4. The molecule has 64 valence electrons. The Kier molecular flexibility index (Phi) is 2.76. The summed E-state index contributed by atoms with van der Waals surface area (Å²) in [7, 11) is 1.59. The van der Waals surface area contributed by atoms with Crippen LogP contribution in [0.2, 0.25) is 0 Å². The summed E-state index contributed by atoms with van der Waals surface area (Å²) in [5, 5.41) is 11.4. The minimum atomic E-state index is -0.920. The van der Waals surface area contributed by atoms with Gasteiger partial charge in [0.25, 0.3) is 0 Å². The van der Waals surface area contributed by atoms with Gasteiger partial charge < -0.3 is 10.4 Å². The van der Waals surface area contributed by atoms with Gasteiger partial charge in [-0.25, -0.2) is 0 Å². The van der Waals surface area contributed by atoms with Crippen LogP contribution in [0.1, 0.15) is 11.7 Å². The molecule has 0 saturated carbocycles. The van der Waals surface area contributed by atoms with E-state index in [1.54, 1.807) is 31.4 Å². The van der Waals surface area contributed by atoms with E-state index in [4.69, 9.17) is 5.11 Å². The lowest BCUT2D eigenvalue weighted by atomic mass is 10.2. The van der Waals surface area contributed by atoms with Gasteiger partial charge in [-0.1, -0.05) is 6.07 Å². The zero-order valence-corrected chi connectivity index (χ0v) is 6.69. The fourth-order valence-electron chi connectivity index (χ4n) is 0.945. The van der Waals surface area contributed by atoms with Gasteiger partial charge in [-0.15, -0.1) is 0 Å². The molecule has 0 bridgehead atoms. The molecule has 0 saturated heterocycles. The molecule has 1 rings (SSSR count). The number of hydrogen-bond donors (Lipinski definition) is 2. The van der Waals surface area contributed by atoms with Gasteiger partial charge in [0.2, 0.25) is 0 Å². The number of carbonyl (C=O) groups is 1. The van der Waals surface area contributed by atoms with Crippen LogP contribution in [0.4, 0.5) is 0 Å². The molecule has 0 spiro atoms. The molecule has 12 heavy (non-hydrogen) atoms. The van der Waals surface area contributed by atoms with E-state index in [-0.39, 0.29) is 0 Å². The van der Waals surface area contributed by atoms with Crippen molar-refractivity contribution in [3.8, 4) is 0 Å². The topological polar surface area (TPSA) is 62.2 Å². The van der Waals surface area contributed by atoms with Crippen molar-refractivity contribution >= 4 is 5.97 Å². The summed E-state index contributed by atoms with van der Waals surface area (Å²) in [6, 6.07) is 4.47. The molecule has 2 N–H and O–H groups in total. The van der Waals surface area contributed by atoms with E-state index in [1.807, 2.05) is 0 Å². The first-order valence-corrected chi connectivity index (χ1v) is 3.56. The Labute approximate surface area is 70.3 Å². The Morgan fingerprint density at radius 1 is 1.67 bits per heavy atom. The number of likely N-dealkylation sites (N-methyl/N-ethyl adjacent to an activating group) is 1. The maximum atomic E-state index is 10.6. The van der Waals surface area contributed by atoms with E-state index in [2.05, 4.69) is 10.3 Å². The molecular weight excluding hydrogens is 156 g/mol. The molecule has 0 amide bonds. The second-order valence-corrected chi connectivity index (χ2v) is 2.31. The standard InChI is InChI=1S/C8H10N2O2/c1-9-7(8(11)12)6-4-2-3-5-10-6/h2-5,7,9H,1H3,(H,11,12). The number of aliphatic carboxylic acids is 1. The Bertz CT molecular complexity index is 261. The van der Waals surface area contributed by atoms with Crippen LogP contribution in [0.5, 0.6) is 0 Å². The van der Waals surface area contributed by atoms with Gasteiger partial charge in [-0.05, 0) is 19.2 Å². The smallest absolute Gasteiger partial charge is 0.326 e. The normalized spacial score (nSPS) is 12.4. The number of nitrogens with zero attached hydrogens (tertiary/aromatic N) is 1. The lowest BCUT2D eigenvalue weighted by Crippen LogP contribution is -2.25. The number of rotatable bonds is 3. The summed E-state index contributed by atoms with van der Waals surface area (Å²) in [4.78, 5) is 14.6. The first-order chi connectivity index (χ1) is 5.75. The van der Waals surface area contributed by atoms with Crippen molar-refractivity contribution < 1.29 is 9.90 Å². The highest BCUT2D eigenvalue weighted by molar-refractivity contribution is 5.74. The van der Waals surface area contributed by atoms with Crippen molar-refractivity contribution in [2.75, 3.05) is 7.05 Å². The number of hydrogen-bond acceptors (Lipinski definition) is 3. The van der Waals surface area contributed by atoms with Gasteiger partial charge in [-0.2, -0.15) is 0 Å². The van der Waals surface area contributed by atoms with Gasteiger partial charge in [0.15, 0.2) is 0 Å². The van der Waals surface area contributed by atoms with Crippen LogP contribution in [0.25, 0.3) is 0 Å². The second kappa shape index (κ2) is 3.82. The van der Waals surface area contributed by atoms with Gasteiger partial charge in [0.05, 0.1) is 5.69 Å². The molecule has 0 aromatic carbocycles. The minimum Gasteiger partial charge on any atom is -0.480 e. The van der Waals surface area contributed by atoms with E-state index in [1.165, 1.54) is 0 Å². The van der Waals surface area contributed by atoms with Crippen molar-refractivity contribution in [1.29, 1.82) is 0 Å². The van der Waals surface area contributed by atoms with E-state index < -0.39 is 12.0 Å². The van der Waals surface area contributed by atoms with Gasteiger partial charge >= 0.3 is 5.97 Å². The van der Waals surface area contributed by atoms with Crippen molar-refractivity contribution in [2.45, 2.75) is 6.04 Å². The number of carboxylic acid groups (broad SMARTS) is 1. The molecule has 0 aliphatic heterocycles. The quantitative estimate of drug-likeness (QED) is 0.683. The Morgan fingerprint density at radius 2 is 2.42 bits per heavy atom. The summed E-state index contributed by atoms with van der Waals surface area (Å²) < 4.78 is 0. The van der Waals surface area contributed by atoms with Gasteiger partial charge in [0, 0.05) is 6.20 Å². The molecule has 1 atom stereocenters. The summed E-state index contributed by atoms with van der Waals surface area (Å²) in [5.41, 5.74) is 0.521. The molecule has 0 radical (unpaired) electrons. The highest BCUT2D eigenvalue weighted by Crippen LogP contribution is 2.07. The van der Waals surface area contributed by atoms with Gasteiger partial charge in [-0.3, -0.25) is 9.78 Å². The van der Waals surface area contributed by atoms with Crippen LogP contribution in [0.3, 0.4) is 0 Å². The molecule has 1 unspecified atom stereocenters. The molecular formula is C8H10N2O2. The van der Waals surface area contributed by atoms with Crippen LogP contribution in [-0.4, -0.2) is 23.1 Å². The minimum absolute atomic E-state index is 0.521. The first kappa shape index (κ1) is 8.67. The molecule has 1 heterocycles. The third-order valence-corrected chi connectivity index (χ3v) is 1.52. The van der Waals surface area contributed by atoms with E-state index in [9.17, 15) is 4.79 Å². The average molecular weight is 166 g/mol. The monoisotopic (exact) mass is 166 g/mol. The summed E-state index contributed by atoms with van der Waals surface area (Å²) in [6.45, 7) is 0. The molecule has 0 aliphatic rings. The largest absolute Gasteiger partial charge is 0.480 e. The zero-order chi connectivity index (χ0) is 8.97. The van der Waals surface area contributed by atoms with Crippen molar-refractivity contribution in [3.63, 3.8) is 0 Å². The van der Waals surface area contributed by atoms with Crippen LogP contribution in [0.15, 0.2) is 24.4 Å². The summed E-state index contributed by atoms with van der Waals surface area (Å²) in [6.07, 6.45) is 1.57. The predicted molar refractivity (Wildman–Crippen MR) is 43.7 cm³/mol. The fraction of sp³-hybridized carbons (Fsp3) is 0.250. The SMILES string of the molecule is CNC(C(=O)O)c1ccccn1. The van der Waals surface area contributed by atoms with E-state index in [0.717, 1.165) is 0 Å². The van der Waals surface area contributed by atoms with Crippen molar-refractivity contribution in [3.05, 3.63) is 30.1 Å². The van der Waals surface area contributed by atoms with E-state index >= 15 is 0 Å². The van der Waals surface area contributed by atoms with Crippen LogP contribution >= 0.6 is 0 Å². The summed E-state index contributed by atoms with van der Waals surface area (Å²) >= 11 is 0. The third-order valence-electron chi connectivity index (χ3n) is 1.52. The Hall–Kier alpha value is -1.42. The van der Waals surface area contributed by atoms with Crippen LogP contribution in [0, 0.1) is 0 Å². The lowest BCUT2D eigenvalue weighted by Gasteiger charge is -2.08. The molecule has 1 aromatic heterocycles. The number of pyridine rings is 1. The molecule has 1 aromatic rings. The second-order valence-electron chi connectivity index (χ2n) is 2.31. The van der Waals surface area contributed by atoms with Crippen molar-refractivity contribution in [2.24, 2.45) is 0 Å². The fourth-order valence-corrected chi connectivity index (χ4v) is 0.945. The maximum Gasteiger partial charge on any atom is 0.326 e. The van der Waals surface area contributed by atoms with Gasteiger partial charge in [0.1, 0.15) is 6.04 Å². The molecule has 0 fully saturated rings.